The standard InChI is InChI=1S/C8H17N3O5S/c1-3-11(4-2)17(15,16)10-6(8(13)14)5-7(9)12/h6,10H,3-5H2,1-2H3,(H2,9,12)(H,13,14)/t6-/m1/s1. The minimum atomic E-state index is -3.92. The zero-order valence-electron chi connectivity index (χ0n) is 9.71. The fourth-order valence-corrected chi connectivity index (χ4v) is 2.57. The Kier molecular flexibility index (Phi) is 6.07. The number of hydrogen-bond donors (Lipinski definition) is 3. The molecule has 0 aromatic heterocycles. The van der Waals surface area contributed by atoms with Crippen LogP contribution in [0.5, 0.6) is 0 Å². The molecular formula is C8H17N3O5S. The van der Waals surface area contributed by atoms with E-state index in [2.05, 4.69) is 0 Å². The summed E-state index contributed by atoms with van der Waals surface area (Å²) in [6.45, 7) is 3.64. The van der Waals surface area contributed by atoms with Crippen molar-refractivity contribution in [2.45, 2.75) is 26.3 Å². The van der Waals surface area contributed by atoms with Crippen molar-refractivity contribution in [1.82, 2.24) is 9.03 Å². The summed E-state index contributed by atoms with van der Waals surface area (Å²) in [7, 11) is -3.92. The maximum atomic E-state index is 11.7. The third-order valence-electron chi connectivity index (χ3n) is 2.04. The monoisotopic (exact) mass is 267 g/mol. The number of rotatable bonds is 8. The van der Waals surface area contributed by atoms with Crippen molar-refractivity contribution in [1.29, 1.82) is 0 Å². The molecule has 0 aliphatic rings. The van der Waals surface area contributed by atoms with Gasteiger partial charge < -0.3 is 10.8 Å². The van der Waals surface area contributed by atoms with Gasteiger partial charge in [0.15, 0.2) is 0 Å². The van der Waals surface area contributed by atoms with E-state index in [0.717, 1.165) is 4.31 Å². The second kappa shape index (κ2) is 6.52. The van der Waals surface area contributed by atoms with E-state index in [1.165, 1.54) is 0 Å². The van der Waals surface area contributed by atoms with E-state index in [4.69, 9.17) is 10.8 Å². The van der Waals surface area contributed by atoms with Crippen LogP contribution in [-0.4, -0.2) is 48.8 Å². The number of carboxylic acids is 1. The van der Waals surface area contributed by atoms with Gasteiger partial charge in [0.2, 0.25) is 5.91 Å². The first-order chi connectivity index (χ1) is 7.74. The van der Waals surface area contributed by atoms with Crippen molar-refractivity contribution in [3.05, 3.63) is 0 Å². The van der Waals surface area contributed by atoms with Crippen LogP contribution in [0.15, 0.2) is 0 Å². The molecule has 100 valence electrons. The molecule has 0 saturated carbocycles. The Balaban J connectivity index is 4.86. The van der Waals surface area contributed by atoms with Crippen LogP contribution in [0.25, 0.3) is 0 Å². The summed E-state index contributed by atoms with van der Waals surface area (Å²) in [4.78, 5) is 21.4. The molecule has 0 heterocycles. The molecule has 0 aromatic rings. The first kappa shape index (κ1) is 15.8. The van der Waals surface area contributed by atoms with Gasteiger partial charge in [0.1, 0.15) is 6.04 Å². The molecule has 0 spiro atoms. The fraction of sp³-hybridized carbons (Fsp3) is 0.750. The molecule has 17 heavy (non-hydrogen) atoms. The normalized spacial score (nSPS) is 13.6. The Morgan fingerprint density at radius 2 is 1.82 bits per heavy atom. The zero-order valence-corrected chi connectivity index (χ0v) is 10.5. The van der Waals surface area contributed by atoms with Crippen LogP contribution in [0.3, 0.4) is 0 Å². The average molecular weight is 267 g/mol. The van der Waals surface area contributed by atoms with Gasteiger partial charge in [0.05, 0.1) is 6.42 Å². The van der Waals surface area contributed by atoms with Crippen LogP contribution in [0.1, 0.15) is 20.3 Å². The van der Waals surface area contributed by atoms with Gasteiger partial charge in [0.25, 0.3) is 10.2 Å². The minimum Gasteiger partial charge on any atom is -0.480 e. The average Bonchev–Trinajstić information content (AvgIpc) is 2.16. The highest BCUT2D eigenvalue weighted by Crippen LogP contribution is 2.01. The van der Waals surface area contributed by atoms with E-state index in [1.807, 2.05) is 4.72 Å². The molecule has 0 aliphatic carbocycles. The molecule has 0 unspecified atom stereocenters. The molecule has 0 fully saturated rings. The highest BCUT2D eigenvalue weighted by atomic mass is 32.2. The Hall–Kier alpha value is -1.19. The lowest BCUT2D eigenvalue weighted by Gasteiger charge is -2.21. The van der Waals surface area contributed by atoms with Crippen LogP contribution in [0.4, 0.5) is 0 Å². The van der Waals surface area contributed by atoms with Gasteiger partial charge in [-0.05, 0) is 0 Å². The summed E-state index contributed by atoms with van der Waals surface area (Å²) in [5.41, 5.74) is 4.84. The summed E-state index contributed by atoms with van der Waals surface area (Å²) in [6.07, 6.45) is -0.587. The summed E-state index contributed by atoms with van der Waals surface area (Å²) >= 11 is 0. The molecule has 1 atom stereocenters. The quantitative estimate of drug-likeness (QED) is 0.492. The number of hydrogen-bond acceptors (Lipinski definition) is 4. The smallest absolute Gasteiger partial charge is 0.322 e. The van der Waals surface area contributed by atoms with Crippen LogP contribution >= 0.6 is 0 Å². The van der Waals surface area contributed by atoms with Gasteiger partial charge in [0, 0.05) is 13.1 Å². The molecule has 0 rings (SSSR count). The molecule has 4 N–H and O–H groups in total. The van der Waals surface area contributed by atoms with E-state index in [9.17, 15) is 18.0 Å². The number of primary amides is 1. The lowest BCUT2D eigenvalue weighted by molar-refractivity contribution is -0.140. The summed E-state index contributed by atoms with van der Waals surface area (Å²) < 4.78 is 26.3. The summed E-state index contributed by atoms with van der Waals surface area (Å²) in [6, 6.07) is -1.54. The number of nitrogens with one attached hydrogen (secondary N) is 1. The van der Waals surface area contributed by atoms with Crippen LogP contribution in [-0.2, 0) is 19.8 Å². The largest absolute Gasteiger partial charge is 0.480 e. The first-order valence-electron chi connectivity index (χ1n) is 5.03. The van der Waals surface area contributed by atoms with E-state index in [-0.39, 0.29) is 13.1 Å². The Labute approximate surface area is 100.0 Å². The van der Waals surface area contributed by atoms with Crippen LogP contribution in [0.2, 0.25) is 0 Å². The predicted octanol–water partition coefficient (Wildman–Crippen LogP) is -1.51. The third kappa shape index (κ3) is 5.11. The Bertz CT molecular complexity index is 377. The van der Waals surface area contributed by atoms with Crippen LogP contribution < -0.4 is 10.5 Å². The second-order valence-corrected chi connectivity index (χ2v) is 4.97. The van der Waals surface area contributed by atoms with Crippen LogP contribution in [0, 0.1) is 0 Å². The van der Waals surface area contributed by atoms with Crippen molar-refractivity contribution >= 4 is 22.1 Å². The first-order valence-corrected chi connectivity index (χ1v) is 6.47. The van der Waals surface area contributed by atoms with Gasteiger partial charge >= 0.3 is 5.97 Å². The maximum Gasteiger partial charge on any atom is 0.322 e. The Morgan fingerprint density at radius 1 is 1.35 bits per heavy atom. The summed E-state index contributed by atoms with van der Waals surface area (Å²) in [5, 5.41) is 8.76. The van der Waals surface area contributed by atoms with E-state index in [0.29, 0.717) is 0 Å². The molecule has 0 radical (unpaired) electrons. The molecule has 0 saturated heterocycles. The van der Waals surface area contributed by atoms with E-state index in [1.54, 1.807) is 13.8 Å². The van der Waals surface area contributed by atoms with Gasteiger partial charge in [-0.3, -0.25) is 9.59 Å². The number of nitrogens with zero attached hydrogens (tertiary/aromatic N) is 1. The Morgan fingerprint density at radius 3 is 2.12 bits per heavy atom. The fourth-order valence-electron chi connectivity index (χ4n) is 1.20. The number of carbonyl (C=O) groups excluding carboxylic acids is 1. The molecule has 9 heteroatoms. The van der Waals surface area contributed by atoms with Crippen molar-refractivity contribution < 1.29 is 23.1 Å². The number of nitrogens with two attached hydrogens (primary N) is 1. The highest BCUT2D eigenvalue weighted by molar-refractivity contribution is 7.87. The third-order valence-corrected chi connectivity index (χ3v) is 3.82. The molecule has 1 amide bonds. The number of carbonyl (C=O) groups is 2. The number of aliphatic carboxylic acids is 1. The molecule has 0 aliphatic heterocycles. The summed E-state index contributed by atoms with van der Waals surface area (Å²) in [5.74, 6) is -2.33. The topological polar surface area (TPSA) is 130 Å². The minimum absolute atomic E-state index is 0.203. The zero-order chi connectivity index (χ0) is 13.6. The SMILES string of the molecule is CCN(CC)S(=O)(=O)N[C@H](CC(N)=O)C(=O)O. The maximum absolute atomic E-state index is 11.7. The van der Waals surface area contributed by atoms with Gasteiger partial charge in [-0.1, -0.05) is 13.8 Å². The molecular weight excluding hydrogens is 250 g/mol. The second-order valence-electron chi connectivity index (χ2n) is 3.27. The van der Waals surface area contributed by atoms with Gasteiger partial charge in [-0.25, -0.2) is 0 Å². The van der Waals surface area contributed by atoms with Gasteiger partial charge in [-0.15, -0.1) is 0 Å². The molecule has 0 aromatic carbocycles. The molecule has 8 nitrogen and oxygen atoms in total. The lowest BCUT2D eigenvalue weighted by Crippen LogP contribution is -2.49. The van der Waals surface area contributed by atoms with Crippen molar-refractivity contribution in [3.8, 4) is 0 Å². The highest BCUT2D eigenvalue weighted by Gasteiger charge is 2.28. The lowest BCUT2D eigenvalue weighted by atomic mass is 10.2. The van der Waals surface area contributed by atoms with Crippen molar-refractivity contribution in [2.75, 3.05) is 13.1 Å². The predicted molar refractivity (Wildman–Crippen MR) is 60.2 cm³/mol. The molecule has 0 bridgehead atoms. The van der Waals surface area contributed by atoms with Crippen molar-refractivity contribution in [2.24, 2.45) is 5.73 Å². The number of amides is 1. The van der Waals surface area contributed by atoms with Gasteiger partial charge in [-0.2, -0.15) is 17.4 Å². The number of carboxylic acid groups (broad SMARTS) is 1. The van der Waals surface area contributed by atoms with E-state index >= 15 is 0 Å². The van der Waals surface area contributed by atoms with Crippen molar-refractivity contribution in [3.63, 3.8) is 0 Å². The van der Waals surface area contributed by atoms with E-state index < -0.39 is 34.5 Å².